The van der Waals surface area contributed by atoms with E-state index in [0.29, 0.717) is 19.0 Å². The van der Waals surface area contributed by atoms with Crippen LogP contribution in [0.2, 0.25) is 0 Å². The third kappa shape index (κ3) is 3.11. The molecule has 1 saturated heterocycles. The molecule has 0 amide bonds. The summed E-state index contributed by atoms with van der Waals surface area (Å²) in [6.07, 6.45) is 5.39. The van der Waals surface area contributed by atoms with Crippen LogP contribution in [0.15, 0.2) is 30.3 Å². The number of rotatable bonds is 3. The summed E-state index contributed by atoms with van der Waals surface area (Å²) >= 11 is 0. The highest BCUT2D eigenvalue weighted by molar-refractivity contribution is 5.21. The van der Waals surface area contributed by atoms with Gasteiger partial charge in [-0.2, -0.15) is 5.26 Å². The fourth-order valence-corrected chi connectivity index (χ4v) is 2.47. The zero-order valence-corrected chi connectivity index (χ0v) is 10.4. The van der Waals surface area contributed by atoms with Gasteiger partial charge in [-0.05, 0) is 5.56 Å². The van der Waals surface area contributed by atoms with E-state index in [4.69, 9.17) is 11.7 Å². The molecule has 1 aliphatic rings. The van der Waals surface area contributed by atoms with Crippen molar-refractivity contribution in [1.82, 2.24) is 9.80 Å². The first-order valence-corrected chi connectivity index (χ1v) is 6.13. The van der Waals surface area contributed by atoms with E-state index in [1.54, 1.807) is 0 Å². The van der Waals surface area contributed by atoms with E-state index < -0.39 is 0 Å². The van der Waals surface area contributed by atoms with Crippen molar-refractivity contribution >= 4 is 0 Å². The second kappa shape index (κ2) is 6.21. The van der Waals surface area contributed by atoms with Gasteiger partial charge >= 0.3 is 0 Å². The van der Waals surface area contributed by atoms with E-state index in [9.17, 15) is 0 Å². The molecule has 0 bridgehead atoms. The third-order valence-electron chi connectivity index (χ3n) is 3.24. The first-order chi connectivity index (χ1) is 8.83. The van der Waals surface area contributed by atoms with Crippen molar-refractivity contribution in [3.8, 4) is 18.4 Å². The van der Waals surface area contributed by atoms with Gasteiger partial charge in [0.2, 0.25) is 0 Å². The molecular weight excluding hydrogens is 222 g/mol. The van der Waals surface area contributed by atoms with Crippen LogP contribution in [0.5, 0.6) is 0 Å². The van der Waals surface area contributed by atoms with Crippen molar-refractivity contribution in [3.05, 3.63) is 35.9 Å². The Hall–Kier alpha value is -1.81. The Labute approximate surface area is 109 Å². The van der Waals surface area contributed by atoms with Crippen molar-refractivity contribution in [2.45, 2.75) is 5.92 Å². The maximum atomic E-state index is 8.84. The predicted octanol–water partition coefficient (Wildman–Crippen LogP) is 1.50. The highest BCUT2D eigenvalue weighted by atomic mass is 15.3. The number of benzene rings is 1. The third-order valence-corrected chi connectivity index (χ3v) is 3.24. The minimum Gasteiger partial charge on any atom is -0.279 e. The molecule has 1 fully saturated rings. The van der Waals surface area contributed by atoms with Gasteiger partial charge in [-0.15, -0.1) is 6.42 Å². The number of hydrogen-bond donors (Lipinski definition) is 0. The molecule has 1 aromatic carbocycles. The van der Waals surface area contributed by atoms with Crippen LogP contribution in [0.25, 0.3) is 0 Å². The Balaban J connectivity index is 2.10. The van der Waals surface area contributed by atoms with E-state index in [2.05, 4.69) is 46.1 Å². The molecule has 0 aliphatic carbocycles. The fourth-order valence-electron chi connectivity index (χ4n) is 2.47. The van der Waals surface area contributed by atoms with E-state index >= 15 is 0 Å². The summed E-state index contributed by atoms with van der Waals surface area (Å²) in [6.45, 7) is 3.80. The second-order valence-corrected chi connectivity index (χ2v) is 4.63. The van der Waals surface area contributed by atoms with Crippen molar-refractivity contribution in [3.63, 3.8) is 0 Å². The molecule has 18 heavy (non-hydrogen) atoms. The smallest absolute Gasteiger partial charge is 0.0876 e. The summed E-state index contributed by atoms with van der Waals surface area (Å²) < 4.78 is 0. The molecule has 0 radical (unpaired) electrons. The van der Waals surface area contributed by atoms with Crippen LogP contribution in [-0.2, 0) is 0 Å². The fraction of sp³-hybridized carbons (Fsp3) is 0.400. The normalized spacial score (nSPS) is 21.1. The molecule has 3 heteroatoms. The molecule has 2 rings (SSSR count). The van der Waals surface area contributed by atoms with Crippen LogP contribution in [0, 0.1) is 23.7 Å². The Morgan fingerprint density at radius 2 is 1.83 bits per heavy atom. The topological polar surface area (TPSA) is 30.3 Å². The lowest BCUT2D eigenvalue weighted by Crippen LogP contribution is -2.48. The minimum atomic E-state index is 0.432. The Morgan fingerprint density at radius 1 is 1.17 bits per heavy atom. The van der Waals surface area contributed by atoms with Gasteiger partial charge in [0.25, 0.3) is 0 Å². The summed E-state index contributed by atoms with van der Waals surface area (Å²) in [4.78, 5) is 4.37. The van der Waals surface area contributed by atoms with Crippen LogP contribution in [0.4, 0.5) is 0 Å². The molecule has 0 N–H and O–H groups in total. The molecule has 1 aromatic rings. The average molecular weight is 239 g/mol. The number of terminal acetylenes is 1. The molecule has 92 valence electrons. The molecule has 1 aliphatic heterocycles. The summed E-state index contributed by atoms with van der Waals surface area (Å²) in [6, 6.07) is 12.7. The monoisotopic (exact) mass is 239 g/mol. The maximum Gasteiger partial charge on any atom is 0.0876 e. The van der Waals surface area contributed by atoms with Gasteiger partial charge in [0.1, 0.15) is 0 Å². The molecular formula is C15H17N3. The molecule has 0 saturated carbocycles. The van der Waals surface area contributed by atoms with Crippen LogP contribution < -0.4 is 0 Å². The van der Waals surface area contributed by atoms with Crippen molar-refractivity contribution < 1.29 is 0 Å². The van der Waals surface area contributed by atoms with Crippen LogP contribution in [0.1, 0.15) is 11.5 Å². The maximum absolute atomic E-state index is 8.84. The minimum absolute atomic E-state index is 0.432. The zero-order valence-electron chi connectivity index (χ0n) is 10.4. The molecule has 0 aromatic heterocycles. The number of nitriles is 1. The Kier molecular flexibility index (Phi) is 4.36. The van der Waals surface area contributed by atoms with Crippen molar-refractivity contribution in [1.29, 1.82) is 5.26 Å². The highest BCUT2D eigenvalue weighted by Crippen LogP contribution is 2.22. The highest BCUT2D eigenvalue weighted by Gasteiger charge is 2.25. The molecule has 1 atom stereocenters. The zero-order chi connectivity index (χ0) is 12.8. The lowest BCUT2D eigenvalue weighted by atomic mass is 9.96. The van der Waals surface area contributed by atoms with E-state index in [1.807, 2.05) is 6.07 Å². The van der Waals surface area contributed by atoms with Gasteiger partial charge in [0.05, 0.1) is 25.8 Å². The van der Waals surface area contributed by atoms with Gasteiger partial charge in [-0.1, -0.05) is 36.3 Å². The SMILES string of the molecule is C#CCN1CC(c2ccccc2)CN(CC#N)C1. The van der Waals surface area contributed by atoms with Crippen LogP contribution in [0.3, 0.4) is 0 Å². The largest absolute Gasteiger partial charge is 0.279 e. The van der Waals surface area contributed by atoms with E-state index in [0.717, 1.165) is 19.8 Å². The van der Waals surface area contributed by atoms with Gasteiger partial charge in [-0.25, -0.2) is 0 Å². The first kappa shape index (κ1) is 12.6. The Morgan fingerprint density at radius 3 is 2.44 bits per heavy atom. The predicted molar refractivity (Wildman–Crippen MR) is 71.6 cm³/mol. The lowest BCUT2D eigenvalue weighted by molar-refractivity contribution is 0.0928. The quantitative estimate of drug-likeness (QED) is 0.591. The van der Waals surface area contributed by atoms with E-state index in [1.165, 1.54) is 5.56 Å². The van der Waals surface area contributed by atoms with Gasteiger partial charge < -0.3 is 0 Å². The van der Waals surface area contributed by atoms with Crippen molar-refractivity contribution in [2.75, 3.05) is 32.8 Å². The second-order valence-electron chi connectivity index (χ2n) is 4.63. The summed E-state index contributed by atoms with van der Waals surface area (Å²) in [7, 11) is 0. The first-order valence-electron chi connectivity index (χ1n) is 6.13. The van der Waals surface area contributed by atoms with Crippen LogP contribution in [-0.4, -0.2) is 42.6 Å². The Bertz CT molecular complexity index is 431. The van der Waals surface area contributed by atoms with Crippen molar-refractivity contribution in [2.24, 2.45) is 0 Å². The number of hydrogen-bond acceptors (Lipinski definition) is 3. The summed E-state index contributed by atoms with van der Waals surface area (Å²) in [5.41, 5.74) is 1.32. The summed E-state index contributed by atoms with van der Waals surface area (Å²) in [5, 5.41) is 8.84. The van der Waals surface area contributed by atoms with Gasteiger partial charge in [0, 0.05) is 19.0 Å². The summed E-state index contributed by atoms with van der Waals surface area (Å²) in [5.74, 6) is 3.12. The molecule has 1 heterocycles. The molecule has 1 unspecified atom stereocenters. The molecule has 0 spiro atoms. The van der Waals surface area contributed by atoms with Gasteiger partial charge in [-0.3, -0.25) is 9.80 Å². The molecule has 3 nitrogen and oxygen atoms in total. The lowest BCUT2D eigenvalue weighted by Gasteiger charge is -2.38. The van der Waals surface area contributed by atoms with Gasteiger partial charge in [0.15, 0.2) is 0 Å². The van der Waals surface area contributed by atoms with Crippen LogP contribution >= 0.6 is 0 Å². The average Bonchev–Trinajstić information content (AvgIpc) is 2.40. The standard InChI is InChI=1S/C15H17N3/c1-2-9-17-11-15(12-18(13-17)10-8-16)14-6-4-3-5-7-14/h1,3-7,15H,9-13H2. The van der Waals surface area contributed by atoms with E-state index in [-0.39, 0.29) is 0 Å². The number of nitrogens with zero attached hydrogens (tertiary/aromatic N) is 3.